The van der Waals surface area contributed by atoms with Crippen LogP contribution in [0.15, 0.2) is 78.9 Å². The molecule has 8 heteroatoms. The zero-order chi connectivity index (χ0) is 26.2. The van der Waals surface area contributed by atoms with Gasteiger partial charge in [0, 0.05) is 37.2 Å². The summed E-state index contributed by atoms with van der Waals surface area (Å²) in [5, 5.41) is 7.14. The Labute approximate surface area is 228 Å². The molecule has 1 fully saturated rings. The second kappa shape index (κ2) is 13.1. The van der Waals surface area contributed by atoms with E-state index in [2.05, 4.69) is 34.9 Å². The fourth-order valence-electron chi connectivity index (χ4n) is 4.75. The number of nitrogens with one attached hydrogen (secondary N) is 2. The van der Waals surface area contributed by atoms with Crippen molar-refractivity contribution < 1.29 is 9.59 Å². The molecule has 0 radical (unpaired) electrons. The second-order valence-corrected chi connectivity index (χ2v) is 10.1. The van der Waals surface area contributed by atoms with Gasteiger partial charge in [-0.2, -0.15) is 0 Å². The fraction of sp³-hybridized carbons (Fsp3) is 0.310. The highest BCUT2D eigenvalue weighted by Crippen LogP contribution is 2.27. The van der Waals surface area contributed by atoms with Gasteiger partial charge < -0.3 is 21.3 Å². The van der Waals surface area contributed by atoms with Crippen LogP contribution in [-0.4, -0.2) is 55.0 Å². The molecule has 4 N–H and O–H groups in total. The first-order valence-corrected chi connectivity index (χ1v) is 13.3. The van der Waals surface area contributed by atoms with Crippen LogP contribution in [0.5, 0.6) is 0 Å². The van der Waals surface area contributed by atoms with E-state index in [0.29, 0.717) is 54.6 Å². The van der Waals surface area contributed by atoms with Gasteiger partial charge in [-0.3, -0.25) is 9.59 Å². The highest BCUT2D eigenvalue weighted by atomic mass is 35.5. The Morgan fingerprint density at radius 3 is 2.24 bits per heavy atom. The summed E-state index contributed by atoms with van der Waals surface area (Å²) in [6.07, 6.45) is 1.22. The highest BCUT2D eigenvalue weighted by molar-refractivity contribution is 6.42. The van der Waals surface area contributed by atoms with Crippen LogP contribution in [0.2, 0.25) is 10.0 Å². The van der Waals surface area contributed by atoms with Gasteiger partial charge in [-0.05, 0) is 48.7 Å². The Kier molecular flexibility index (Phi) is 9.58. The summed E-state index contributed by atoms with van der Waals surface area (Å²) < 4.78 is 0. The molecule has 6 nitrogen and oxygen atoms in total. The van der Waals surface area contributed by atoms with Gasteiger partial charge in [0.1, 0.15) is 0 Å². The van der Waals surface area contributed by atoms with Gasteiger partial charge in [0.15, 0.2) is 0 Å². The van der Waals surface area contributed by atoms with Gasteiger partial charge in [0.05, 0.1) is 16.1 Å². The first-order valence-electron chi connectivity index (χ1n) is 12.5. The van der Waals surface area contributed by atoms with Crippen molar-refractivity contribution in [2.75, 3.05) is 26.2 Å². The lowest BCUT2D eigenvalue weighted by atomic mass is 9.90. The third-order valence-electron chi connectivity index (χ3n) is 6.75. The van der Waals surface area contributed by atoms with Crippen molar-refractivity contribution in [3.8, 4) is 0 Å². The van der Waals surface area contributed by atoms with Gasteiger partial charge in [0.25, 0.3) is 5.91 Å². The molecule has 1 aliphatic heterocycles. The maximum absolute atomic E-state index is 13.6. The molecule has 2 atom stereocenters. The van der Waals surface area contributed by atoms with E-state index in [1.54, 1.807) is 18.2 Å². The maximum atomic E-state index is 13.6. The highest BCUT2D eigenvalue weighted by Gasteiger charge is 2.32. The molecule has 3 aromatic carbocycles. The minimum atomic E-state index is -0.411. The van der Waals surface area contributed by atoms with E-state index in [4.69, 9.17) is 28.9 Å². The smallest absolute Gasteiger partial charge is 0.251 e. The lowest BCUT2D eigenvalue weighted by Gasteiger charge is -2.29. The minimum Gasteiger partial charge on any atom is -0.350 e. The topological polar surface area (TPSA) is 87.5 Å². The van der Waals surface area contributed by atoms with E-state index in [-0.39, 0.29) is 23.8 Å². The zero-order valence-corrected chi connectivity index (χ0v) is 22.1. The maximum Gasteiger partial charge on any atom is 0.251 e. The number of amides is 2. The molecule has 0 unspecified atom stereocenters. The molecule has 0 spiro atoms. The van der Waals surface area contributed by atoms with Crippen molar-refractivity contribution in [3.05, 3.63) is 106 Å². The summed E-state index contributed by atoms with van der Waals surface area (Å²) in [4.78, 5) is 28.2. The molecule has 0 saturated carbocycles. The molecule has 1 heterocycles. The number of carbonyl (C=O) groups excluding carboxylic acids is 2. The molecule has 1 saturated heterocycles. The van der Waals surface area contributed by atoms with Crippen molar-refractivity contribution in [1.82, 2.24) is 15.5 Å². The Balaban J connectivity index is 1.48. The molecule has 3 aromatic rings. The van der Waals surface area contributed by atoms with Gasteiger partial charge >= 0.3 is 0 Å². The molecule has 1 aliphatic rings. The van der Waals surface area contributed by atoms with Crippen LogP contribution in [-0.2, 0) is 4.79 Å². The first-order chi connectivity index (χ1) is 18.0. The van der Waals surface area contributed by atoms with Crippen LogP contribution in [0.4, 0.5) is 0 Å². The van der Waals surface area contributed by atoms with Gasteiger partial charge in [-0.1, -0.05) is 83.9 Å². The van der Waals surface area contributed by atoms with Gasteiger partial charge in [0.2, 0.25) is 5.91 Å². The molecule has 2 amide bonds. The normalized spacial score (nSPS) is 18.1. The Morgan fingerprint density at radius 1 is 1.00 bits per heavy atom. The number of carbonyl (C=O) groups is 2. The predicted octanol–water partition coefficient (Wildman–Crippen LogP) is 4.46. The van der Waals surface area contributed by atoms with Crippen LogP contribution in [0, 0.1) is 0 Å². The Bertz CT molecular complexity index is 1150. The van der Waals surface area contributed by atoms with Crippen molar-refractivity contribution in [2.45, 2.75) is 30.8 Å². The fourth-order valence-corrected chi connectivity index (χ4v) is 5.04. The van der Waals surface area contributed by atoms with E-state index in [1.807, 2.05) is 41.3 Å². The standard InChI is InChI=1S/C29H32Cl2N4O2/c30-25-12-11-22(17-26(25)31)28(36)33-18-23-14-16-35(29(37)27(34-23)13-15-32)19-24(20-7-3-1-4-8-20)21-9-5-2-6-10-21/h1-12,17,23-24,27,34H,13-16,18-19,32H2,(H,33,36)/t23-,27-/m0/s1. The van der Waals surface area contributed by atoms with E-state index in [1.165, 1.54) is 11.1 Å². The van der Waals surface area contributed by atoms with Crippen LogP contribution < -0.4 is 16.4 Å². The lowest BCUT2D eigenvalue weighted by Crippen LogP contribution is -2.49. The van der Waals surface area contributed by atoms with Crippen molar-refractivity contribution in [2.24, 2.45) is 5.73 Å². The molecule has 37 heavy (non-hydrogen) atoms. The number of halogens is 2. The van der Waals surface area contributed by atoms with E-state index >= 15 is 0 Å². The SMILES string of the molecule is NCC[C@@H]1N[C@H](CNC(=O)c2ccc(Cl)c(Cl)c2)CCN(CC(c2ccccc2)c2ccccc2)C1=O. The quantitative estimate of drug-likeness (QED) is 0.375. The van der Waals surface area contributed by atoms with E-state index in [0.717, 1.165) is 0 Å². The average molecular weight is 540 g/mol. The zero-order valence-electron chi connectivity index (χ0n) is 20.6. The summed E-state index contributed by atoms with van der Waals surface area (Å²) in [6, 6.07) is 24.9. The van der Waals surface area contributed by atoms with Crippen LogP contribution in [0.25, 0.3) is 0 Å². The van der Waals surface area contributed by atoms with Gasteiger partial charge in [-0.25, -0.2) is 0 Å². The summed E-state index contributed by atoms with van der Waals surface area (Å²) in [5.41, 5.74) is 8.64. The Hall–Kier alpha value is -2.90. The monoisotopic (exact) mass is 538 g/mol. The van der Waals surface area contributed by atoms with E-state index < -0.39 is 6.04 Å². The first kappa shape index (κ1) is 27.1. The Morgan fingerprint density at radius 2 is 1.65 bits per heavy atom. The summed E-state index contributed by atoms with van der Waals surface area (Å²) in [7, 11) is 0. The molecular weight excluding hydrogens is 507 g/mol. The molecule has 0 aliphatic carbocycles. The second-order valence-electron chi connectivity index (χ2n) is 9.28. The summed E-state index contributed by atoms with van der Waals surface area (Å²) in [5.74, 6) is -0.146. The van der Waals surface area contributed by atoms with Crippen molar-refractivity contribution >= 4 is 35.0 Å². The average Bonchev–Trinajstić information content (AvgIpc) is 3.07. The van der Waals surface area contributed by atoms with Gasteiger partial charge in [-0.15, -0.1) is 0 Å². The predicted molar refractivity (Wildman–Crippen MR) is 149 cm³/mol. The third-order valence-corrected chi connectivity index (χ3v) is 7.49. The number of hydrogen-bond donors (Lipinski definition) is 3. The number of nitrogens with zero attached hydrogens (tertiary/aromatic N) is 1. The number of rotatable bonds is 9. The van der Waals surface area contributed by atoms with Crippen LogP contribution in [0.3, 0.4) is 0 Å². The molecule has 0 aromatic heterocycles. The molecule has 4 rings (SSSR count). The minimum absolute atomic E-state index is 0.0422. The molecule has 0 bridgehead atoms. The largest absolute Gasteiger partial charge is 0.350 e. The number of benzene rings is 3. The summed E-state index contributed by atoms with van der Waals surface area (Å²) >= 11 is 12.0. The number of hydrogen-bond acceptors (Lipinski definition) is 4. The van der Waals surface area contributed by atoms with Crippen LogP contribution >= 0.6 is 23.2 Å². The number of nitrogens with two attached hydrogens (primary N) is 1. The van der Waals surface area contributed by atoms with E-state index in [9.17, 15) is 9.59 Å². The molecular formula is C29H32Cl2N4O2. The third kappa shape index (κ3) is 7.11. The molecule has 194 valence electrons. The summed E-state index contributed by atoms with van der Waals surface area (Å²) in [6.45, 7) is 1.91. The van der Waals surface area contributed by atoms with Crippen LogP contribution in [0.1, 0.15) is 40.2 Å². The van der Waals surface area contributed by atoms with Crippen molar-refractivity contribution in [3.63, 3.8) is 0 Å². The van der Waals surface area contributed by atoms with Crippen molar-refractivity contribution in [1.29, 1.82) is 0 Å². The lowest BCUT2D eigenvalue weighted by molar-refractivity contribution is -0.133.